The van der Waals surface area contributed by atoms with Crippen LogP contribution in [0.15, 0.2) is 0 Å². The summed E-state index contributed by atoms with van der Waals surface area (Å²) in [5, 5.41) is 10.1. The van der Waals surface area contributed by atoms with Crippen LogP contribution in [-0.4, -0.2) is 41.1 Å². The number of nitrogens with zero attached hydrogens (tertiary/aromatic N) is 1. The summed E-state index contributed by atoms with van der Waals surface area (Å²) in [4.78, 5) is 14.1. The normalized spacial score (nSPS) is 29.6. The third-order valence-corrected chi connectivity index (χ3v) is 4.25. The van der Waals surface area contributed by atoms with Crippen molar-refractivity contribution < 1.29 is 9.90 Å². The molecule has 110 valence electrons. The van der Waals surface area contributed by atoms with Gasteiger partial charge >= 0.3 is 0 Å². The Morgan fingerprint density at radius 1 is 1.37 bits per heavy atom. The van der Waals surface area contributed by atoms with Crippen molar-refractivity contribution in [3.63, 3.8) is 0 Å². The van der Waals surface area contributed by atoms with Crippen molar-refractivity contribution in [2.75, 3.05) is 13.1 Å². The summed E-state index contributed by atoms with van der Waals surface area (Å²) in [7, 11) is 0. The molecule has 1 aliphatic carbocycles. The van der Waals surface area contributed by atoms with Crippen LogP contribution in [0.2, 0.25) is 0 Å². The minimum Gasteiger partial charge on any atom is -0.393 e. The average molecular weight is 268 g/mol. The summed E-state index contributed by atoms with van der Waals surface area (Å²) in [6, 6.07) is 0.0706. The molecule has 0 aromatic heterocycles. The molecule has 2 aliphatic rings. The molecule has 1 amide bonds. The molecule has 0 aromatic carbocycles. The predicted molar refractivity (Wildman–Crippen MR) is 75.5 cm³/mol. The molecular formula is C15H28N2O2. The summed E-state index contributed by atoms with van der Waals surface area (Å²) >= 11 is 0. The topological polar surface area (TPSA) is 66.6 Å². The van der Waals surface area contributed by atoms with Gasteiger partial charge in [0, 0.05) is 25.6 Å². The lowest BCUT2D eigenvalue weighted by Crippen LogP contribution is -2.50. The maximum atomic E-state index is 12.1. The van der Waals surface area contributed by atoms with Crippen molar-refractivity contribution in [3.05, 3.63) is 0 Å². The van der Waals surface area contributed by atoms with Gasteiger partial charge in [0.25, 0.3) is 0 Å². The molecule has 3 unspecified atom stereocenters. The Kier molecular flexibility index (Phi) is 4.85. The lowest BCUT2D eigenvalue weighted by atomic mass is 9.88. The Hall–Kier alpha value is -0.610. The summed E-state index contributed by atoms with van der Waals surface area (Å²) in [6.07, 6.45) is 4.49. The molecule has 0 bridgehead atoms. The Morgan fingerprint density at radius 3 is 2.63 bits per heavy atom. The second-order valence-corrected chi connectivity index (χ2v) is 6.90. The van der Waals surface area contributed by atoms with Crippen LogP contribution in [0.1, 0.15) is 46.0 Å². The van der Waals surface area contributed by atoms with Gasteiger partial charge in [0.15, 0.2) is 0 Å². The first-order chi connectivity index (χ1) is 8.95. The Labute approximate surface area is 116 Å². The third-order valence-electron chi connectivity index (χ3n) is 4.25. The number of hydrogen-bond donors (Lipinski definition) is 2. The van der Waals surface area contributed by atoms with E-state index in [1.54, 1.807) is 0 Å². The Morgan fingerprint density at radius 2 is 2.05 bits per heavy atom. The number of aliphatic hydroxyl groups is 1. The summed E-state index contributed by atoms with van der Waals surface area (Å²) in [5.74, 6) is 1.49. The van der Waals surface area contributed by atoms with Crippen LogP contribution in [0.4, 0.5) is 0 Å². The van der Waals surface area contributed by atoms with E-state index in [2.05, 4.69) is 13.8 Å². The van der Waals surface area contributed by atoms with Gasteiger partial charge in [-0.05, 0) is 43.4 Å². The van der Waals surface area contributed by atoms with Crippen molar-refractivity contribution in [2.24, 2.45) is 23.5 Å². The van der Waals surface area contributed by atoms with Gasteiger partial charge < -0.3 is 15.7 Å². The minimum atomic E-state index is -0.183. The summed E-state index contributed by atoms with van der Waals surface area (Å²) in [5.41, 5.74) is 6.08. The highest BCUT2D eigenvalue weighted by Crippen LogP contribution is 2.36. The van der Waals surface area contributed by atoms with Gasteiger partial charge in [0.05, 0.1) is 6.10 Å². The fraction of sp³-hybridized carbons (Fsp3) is 0.933. The number of likely N-dealkylation sites (tertiary alicyclic amines) is 1. The first kappa shape index (κ1) is 14.8. The van der Waals surface area contributed by atoms with Crippen LogP contribution < -0.4 is 5.73 Å². The van der Waals surface area contributed by atoms with Gasteiger partial charge in [0.1, 0.15) is 0 Å². The highest BCUT2D eigenvalue weighted by molar-refractivity contribution is 5.76. The van der Waals surface area contributed by atoms with Gasteiger partial charge in [-0.2, -0.15) is 0 Å². The maximum absolute atomic E-state index is 12.1. The largest absolute Gasteiger partial charge is 0.393 e. The molecule has 2 fully saturated rings. The molecule has 4 heteroatoms. The number of nitrogens with two attached hydrogens (primary N) is 1. The second-order valence-electron chi connectivity index (χ2n) is 6.90. The molecule has 2 rings (SSSR count). The van der Waals surface area contributed by atoms with Crippen LogP contribution in [0.25, 0.3) is 0 Å². The van der Waals surface area contributed by atoms with Gasteiger partial charge in [-0.1, -0.05) is 13.8 Å². The molecule has 1 aliphatic heterocycles. The zero-order valence-electron chi connectivity index (χ0n) is 12.2. The fourth-order valence-corrected chi connectivity index (χ4v) is 3.11. The first-order valence-corrected chi connectivity index (χ1v) is 7.67. The van der Waals surface area contributed by atoms with Crippen LogP contribution in [0.5, 0.6) is 0 Å². The zero-order valence-corrected chi connectivity index (χ0v) is 12.2. The molecule has 0 spiro atoms. The fourth-order valence-electron chi connectivity index (χ4n) is 3.11. The lowest BCUT2D eigenvalue weighted by molar-refractivity contribution is -0.134. The molecule has 1 saturated heterocycles. The van der Waals surface area contributed by atoms with E-state index in [9.17, 15) is 9.90 Å². The molecule has 1 saturated carbocycles. The van der Waals surface area contributed by atoms with E-state index >= 15 is 0 Å². The van der Waals surface area contributed by atoms with Crippen molar-refractivity contribution in [1.82, 2.24) is 4.90 Å². The molecule has 19 heavy (non-hydrogen) atoms. The molecule has 4 nitrogen and oxygen atoms in total. The van der Waals surface area contributed by atoms with Crippen LogP contribution in [0.3, 0.4) is 0 Å². The standard InChI is InChI=1S/C15H28N2O2/c1-10(2)5-15(19)17-8-11(6-13(16)9-17)7-14(18)12-3-4-12/h10-14,18H,3-9,16H2,1-2H3. The molecule has 0 aromatic rings. The van der Waals surface area contributed by atoms with E-state index in [0.717, 1.165) is 32.2 Å². The molecule has 0 radical (unpaired) electrons. The second kappa shape index (κ2) is 6.23. The molecule has 3 atom stereocenters. The van der Waals surface area contributed by atoms with Gasteiger partial charge in [0.2, 0.25) is 5.91 Å². The number of amides is 1. The number of aliphatic hydroxyl groups excluding tert-OH is 1. The summed E-state index contributed by atoms with van der Waals surface area (Å²) in [6.45, 7) is 5.59. The van der Waals surface area contributed by atoms with E-state index in [4.69, 9.17) is 5.73 Å². The van der Waals surface area contributed by atoms with Crippen LogP contribution in [0, 0.1) is 17.8 Å². The van der Waals surface area contributed by atoms with E-state index in [1.165, 1.54) is 0 Å². The van der Waals surface area contributed by atoms with Crippen LogP contribution >= 0.6 is 0 Å². The zero-order chi connectivity index (χ0) is 14.0. The number of carbonyl (C=O) groups is 1. The van der Waals surface area contributed by atoms with Crippen LogP contribution in [-0.2, 0) is 4.79 Å². The minimum absolute atomic E-state index is 0.0706. The number of hydrogen-bond acceptors (Lipinski definition) is 3. The van der Waals surface area contributed by atoms with Crippen molar-refractivity contribution in [2.45, 2.75) is 58.1 Å². The highest BCUT2D eigenvalue weighted by atomic mass is 16.3. The highest BCUT2D eigenvalue weighted by Gasteiger charge is 2.34. The van der Waals surface area contributed by atoms with Crippen molar-refractivity contribution in [1.29, 1.82) is 0 Å². The quantitative estimate of drug-likeness (QED) is 0.791. The molecular weight excluding hydrogens is 240 g/mol. The van der Waals surface area contributed by atoms with E-state index in [-0.39, 0.29) is 18.1 Å². The van der Waals surface area contributed by atoms with Gasteiger partial charge in [-0.25, -0.2) is 0 Å². The van der Waals surface area contributed by atoms with E-state index < -0.39 is 0 Å². The number of carbonyl (C=O) groups excluding carboxylic acids is 1. The Bertz CT molecular complexity index is 315. The van der Waals surface area contributed by atoms with Gasteiger partial charge in [-0.15, -0.1) is 0 Å². The lowest BCUT2D eigenvalue weighted by Gasteiger charge is -2.37. The monoisotopic (exact) mass is 268 g/mol. The van der Waals surface area contributed by atoms with E-state index in [0.29, 0.717) is 30.7 Å². The maximum Gasteiger partial charge on any atom is 0.222 e. The molecule has 3 N–H and O–H groups in total. The SMILES string of the molecule is CC(C)CC(=O)N1CC(N)CC(CC(O)C2CC2)C1. The average Bonchev–Trinajstić information content (AvgIpc) is 3.10. The smallest absolute Gasteiger partial charge is 0.222 e. The predicted octanol–water partition coefficient (Wildman–Crippen LogP) is 1.37. The van der Waals surface area contributed by atoms with Crippen molar-refractivity contribution >= 4 is 5.91 Å². The van der Waals surface area contributed by atoms with Crippen molar-refractivity contribution in [3.8, 4) is 0 Å². The molecule has 1 heterocycles. The number of rotatable bonds is 5. The number of piperidine rings is 1. The third kappa shape index (κ3) is 4.46. The summed E-state index contributed by atoms with van der Waals surface area (Å²) < 4.78 is 0. The first-order valence-electron chi connectivity index (χ1n) is 7.67. The van der Waals surface area contributed by atoms with E-state index in [1.807, 2.05) is 4.90 Å². The Balaban J connectivity index is 1.85. The van der Waals surface area contributed by atoms with Gasteiger partial charge in [-0.3, -0.25) is 4.79 Å².